The Labute approximate surface area is 193 Å². The highest BCUT2D eigenvalue weighted by atomic mass is 127. The van der Waals surface area contributed by atoms with Crippen molar-refractivity contribution in [3.05, 3.63) is 29.3 Å². The maximum atomic E-state index is 11.5. The van der Waals surface area contributed by atoms with Gasteiger partial charge >= 0.3 is 0 Å². The van der Waals surface area contributed by atoms with Crippen LogP contribution >= 0.6 is 24.0 Å². The summed E-state index contributed by atoms with van der Waals surface area (Å²) in [6, 6.07) is 6.16. The van der Waals surface area contributed by atoms with Crippen molar-refractivity contribution in [2.75, 3.05) is 26.5 Å². The Bertz CT molecular complexity index is 765. The molecule has 0 unspecified atom stereocenters. The van der Waals surface area contributed by atoms with Crippen LogP contribution in [-0.2, 0) is 16.6 Å². The van der Waals surface area contributed by atoms with Gasteiger partial charge in [0.2, 0.25) is 10.0 Å². The molecular formula is C20H37IN4O3S. The molecule has 3 N–H and O–H groups in total. The SMILES string of the molecule is CN=C(NCc1ccc(C)cc1OCCC(C)C)NCC(C)(C)NS(C)(=O)=O.I. The molecule has 0 saturated carbocycles. The first-order valence-corrected chi connectivity index (χ1v) is 11.5. The van der Waals surface area contributed by atoms with Crippen molar-refractivity contribution in [1.82, 2.24) is 15.4 Å². The third-order valence-corrected chi connectivity index (χ3v) is 4.93. The van der Waals surface area contributed by atoms with Crippen molar-refractivity contribution in [1.29, 1.82) is 0 Å². The summed E-state index contributed by atoms with van der Waals surface area (Å²) in [5, 5.41) is 6.42. The van der Waals surface area contributed by atoms with Crippen LogP contribution in [0.1, 0.15) is 45.2 Å². The third-order valence-electron chi connectivity index (χ3n) is 4.00. The standard InChI is InChI=1S/C20H36N4O3S.HI/c1-15(2)10-11-27-18-12-16(3)8-9-17(18)13-22-19(21-6)23-14-20(4,5)24-28(7,25)26;/h8-9,12,15,24H,10-11,13-14H2,1-7H3,(H2,21,22,23);1H. The summed E-state index contributed by atoms with van der Waals surface area (Å²) in [6.45, 7) is 11.7. The fourth-order valence-electron chi connectivity index (χ4n) is 2.59. The lowest BCUT2D eigenvalue weighted by atomic mass is 10.1. The van der Waals surface area contributed by atoms with Gasteiger partial charge in [-0.25, -0.2) is 13.1 Å². The van der Waals surface area contributed by atoms with Crippen molar-refractivity contribution < 1.29 is 13.2 Å². The molecule has 9 heteroatoms. The highest BCUT2D eigenvalue weighted by Gasteiger charge is 2.22. The highest BCUT2D eigenvalue weighted by Crippen LogP contribution is 2.21. The monoisotopic (exact) mass is 540 g/mol. The zero-order valence-electron chi connectivity index (χ0n) is 18.6. The van der Waals surface area contributed by atoms with Crippen molar-refractivity contribution in [3.8, 4) is 5.75 Å². The molecule has 0 aliphatic carbocycles. The van der Waals surface area contributed by atoms with Crippen LogP contribution in [0.5, 0.6) is 5.75 Å². The van der Waals surface area contributed by atoms with E-state index < -0.39 is 15.6 Å². The Kier molecular flexibility index (Phi) is 12.1. The molecule has 0 saturated heterocycles. The quantitative estimate of drug-likeness (QED) is 0.241. The molecule has 1 rings (SSSR count). The Morgan fingerprint density at radius 1 is 1.24 bits per heavy atom. The van der Waals surface area contributed by atoms with Crippen LogP contribution in [0.2, 0.25) is 0 Å². The van der Waals surface area contributed by atoms with Gasteiger partial charge < -0.3 is 15.4 Å². The smallest absolute Gasteiger partial charge is 0.209 e. The van der Waals surface area contributed by atoms with E-state index in [2.05, 4.69) is 46.3 Å². The molecule has 1 aromatic rings. The van der Waals surface area contributed by atoms with Gasteiger partial charge in [0.05, 0.1) is 12.9 Å². The molecule has 0 atom stereocenters. The first-order valence-electron chi connectivity index (χ1n) is 9.57. The molecule has 0 aliphatic rings. The normalized spacial score (nSPS) is 12.5. The number of nitrogens with zero attached hydrogens (tertiary/aromatic N) is 1. The van der Waals surface area contributed by atoms with Gasteiger partial charge in [0.25, 0.3) is 0 Å². The second kappa shape index (κ2) is 12.6. The van der Waals surface area contributed by atoms with Gasteiger partial charge in [0.1, 0.15) is 5.75 Å². The summed E-state index contributed by atoms with van der Waals surface area (Å²) in [5.41, 5.74) is 1.56. The van der Waals surface area contributed by atoms with Crippen LogP contribution in [0.4, 0.5) is 0 Å². The second-order valence-corrected chi connectivity index (χ2v) is 9.93. The Hall–Kier alpha value is -1.07. The van der Waals surface area contributed by atoms with Crippen LogP contribution in [0.15, 0.2) is 23.2 Å². The molecule has 0 amide bonds. The number of aryl methyl sites for hydroxylation is 1. The molecule has 168 valence electrons. The topological polar surface area (TPSA) is 91.8 Å². The van der Waals surface area contributed by atoms with E-state index in [1.54, 1.807) is 7.05 Å². The van der Waals surface area contributed by atoms with E-state index >= 15 is 0 Å². The van der Waals surface area contributed by atoms with E-state index in [9.17, 15) is 8.42 Å². The number of hydrogen-bond donors (Lipinski definition) is 3. The molecule has 0 spiro atoms. The molecule has 0 aromatic heterocycles. The molecular weight excluding hydrogens is 503 g/mol. The summed E-state index contributed by atoms with van der Waals surface area (Å²) in [6.07, 6.45) is 2.16. The molecule has 0 bridgehead atoms. The molecule has 7 nitrogen and oxygen atoms in total. The molecule has 1 aromatic carbocycles. The summed E-state index contributed by atoms with van der Waals surface area (Å²) in [4.78, 5) is 4.21. The zero-order valence-corrected chi connectivity index (χ0v) is 21.8. The van der Waals surface area contributed by atoms with Gasteiger partial charge in [0.15, 0.2) is 5.96 Å². The largest absolute Gasteiger partial charge is 0.493 e. The number of nitrogens with one attached hydrogen (secondary N) is 3. The summed E-state index contributed by atoms with van der Waals surface area (Å²) in [5.74, 6) is 2.07. The van der Waals surface area contributed by atoms with Crippen LogP contribution in [-0.4, -0.2) is 46.4 Å². The van der Waals surface area contributed by atoms with Gasteiger partial charge in [-0.15, -0.1) is 24.0 Å². The number of sulfonamides is 1. The van der Waals surface area contributed by atoms with Gasteiger partial charge in [-0.1, -0.05) is 26.0 Å². The second-order valence-electron chi connectivity index (χ2n) is 8.18. The number of hydrogen-bond acceptors (Lipinski definition) is 4. The minimum Gasteiger partial charge on any atom is -0.493 e. The number of aliphatic imine (C=N–C) groups is 1. The average Bonchev–Trinajstić information content (AvgIpc) is 2.54. The van der Waals surface area contributed by atoms with Gasteiger partial charge in [-0.3, -0.25) is 4.99 Å². The van der Waals surface area contributed by atoms with Crippen LogP contribution in [0.3, 0.4) is 0 Å². The van der Waals surface area contributed by atoms with Gasteiger partial charge in [-0.05, 0) is 44.7 Å². The van der Waals surface area contributed by atoms with Crippen molar-refractivity contribution in [2.45, 2.75) is 53.1 Å². The minimum absolute atomic E-state index is 0. The maximum Gasteiger partial charge on any atom is 0.209 e. The van der Waals surface area contributed by atoms with E-state index in [1.165, 1.54) is 0 Å². The van der Waals surface area contributed by atoms with Gasteiger partial charge in [-0.2, -0.15) is 0 Å². The van der Waals surface area contributed by atoms with E-state index in [-0.39, 0.29) is 24.0 Å². The number of halogens is 1. The van der Waals surface area contributed by atoms with E-state index in [0.29, 0.717) is 31.6 Å². The molecule has 0 aliphatic heterocycles. The van der Waals surface area contributed by atoms with E-state index in [1.807, 2.05) is 26.8 Å². The lowest BCUT2D eigenvalue weighted by molar-refractivity contribution is 0.286. The lowest BCUT2D eigenvalue weighted by Crippen LogP contribution is -2.52. The Balaban J connectivity index is 0.00000784. The number of ether oxygens (including phenoxy) is 1. The minimum atomic E-state index is -3.28. The number of rotatable bonds is 10. The van der Waals surface area contributed by atoms with E-state index in [0.717, 1.165) is 29.6 Å². The fourth-order valence-corrected chi connectivity index (χ4v) is 3.66. The lowest BCUT2D eigenvalue weighted by Gasteiger charge is -2.26. The van der Waals surface area contributed by atoms with Gasteiger partial charge in [0, 0.05) is 31.2 Å². The molecule has 0 fully saturated rings. The fraction of sp³-hybridized carbons (Fsp3) is 0.650. The van der Waals surface area contributed by atoms with Crippen LogP contribution in [0.25, 0.3) is 0 Å². The molecule has 0 heterocycles. The Morgan fingerprint density at radius 2 is 1.90 bits per heavy atom. The van der Waals surface area contributed by atoms with Crippen molar-refractivity contribution in [3.63, 3.8) is 0 Å². The first-order chi connectivity index (χ1) is 12.9. The van der Waals surface area contributed by atoms with E-state index in [4.69, 9.17) is 4.74 Å². The van der Waals surface area contributed by atoms with Crippen molar-refractivity contribution in [2.24, 2.45) is 10.9 Å². The van der Waals surface area contributed by atoms with Crippen LogP contribution < -0.4 is 20.1 Å². The zero-order chi connectivity index (χ0) is 21.4. The summed E-state index contributed by atoms with van der Waals surface area (Å²) >= 11 is 0. The van der Waals surface area contributed by atoms with Crippen molar-refractivity contribution >= 4 is 40.0 Å². The first kappa shape index (κ1) is 27.9. The highest BCUT2D eigenvalue weighted by molar-refractivity contribution is 14.0. The predicted octanol–water partition coefficient (Wildman–Crippen LogP) is 3.03. The van der Waals surface area contributed by atoms with Crippen LogP contribution in [0, 0.1) is 12.8 Å². The summed E-state index contributed by atoms with van der Waals surface area (Å²) in [7, 11) is -1.60. The molecule has 29 heavy (non-hydrogen) atoms. The predicted molar refractivity (Wildman–Crippen MR) is 132 cm³/mol. The Morgan fingerprint density at radius 3 is 2.45 bits per heavy atom. The third kappa shape index (κ3) is 12.3. The average molecular weight is 541 g/mol. The molecule has 0 radical (unpaired) electrons. The summed E-state index contributed by atoms with van der Waals surface area (Å²) < 4.78 is 31.5. The maximum absolute atomic E-state index is 11.5. The number of guanidine groups is 1. The number of benzene rings is 1.